The Hall–Kier alpha value is -1.25. The Morgan fingerprint density at radius 3 is 2.60 bits per heavy atom. The molecule has 0 fully saturated rings. The van der Waals surface area contributed by atoms with Gasteiger partial charge in [-0.3, -0.25) is 0 Å². The predicted molar refractivity (Wildman–Crippen MR) is 65.8 cm³/mol. The Morgan fingerprint density at radius 2 is 2.07 bits per heavy atom. The van der Waals surface area contributed by atoms with Gasteiger partial charge in [0.2, 0.25) is 0 Å². The molecule has 84 valence electrons. The molecular formula is C12H21N3. The first-order valence-corrected chi connectivity index (χ1v) is 5.66. The third-order valence-electron chi connectivity index (χ3n) is 2.96. The molecule has 1 heterocycles. The number of rotatable bonds is 5. The quantitative estimate of drug-likeness (QED) is 0.780. The summed E-state index contributed by atoms with van der Waals surface area (Å²) in [6, 6.07) is 4.13. The molecule has 1 aromatic rings. The van der Waals surface area contributed by atoms with Gasteiger partial charge < -0.3 is 11.1 Å². The molecule has 0 aliphatic rings. The van der Waals surface area contributed by atoms with Crippen molar-refractivity contribution in [3.63, 3.8) is 0 Å². The summed E-state index contributed by atoms with van der Waals surface area (Å²) >= 11 is 0. The predicted octanol–water partition coefficient (Wildman–Crippen LogP) is 2.90. The van der Waals surface area contributed by atoms with Crippen molar-refractivity contribution in [1.29, 1.82) is 0 Å². The summed E-state index contributed by atoms with van der Waals surface area (Å²) in [7, 11) is 0. The summed E-state index contributed by atoms with van der Waals surface area (Å²) in [5, 5.41) is 3.38. The number of nitrogens with one attached hydrogen (secondary N) is 1. The van der Waals surface area contributed by atoms with Crippen molar-refractivity contribution in [2.45, 2.75) is 39.7 Å². The Kier molecular flexibility index (Phi) is 4.40. The van der Waals surface area contributed by atoms with Crippen molar-refractivity contribution < 1.29 is 0 Å². The van der Waals surface area contributed by atoms with Crippen LogP contribution >= 0.6 is 0 Å². The summed E-state index contributed by atoms with van der Waals surface area (Å²) in [4.78, 5) is 4.23. The smallest absolute Gasteiger partial charge is 0.149 e. The first kappa shape index (κ1) is 11.8. The molecule has 0 spiro atoms. The topological polar surface area (TPSA) is 50.9 Å². The van der Waals surface area contributed by atoms with E-state index in [-0.39, 0.29) is 0 Å². The highest BCUT2D eigenvalue weighted by Crippen LogP contribution is 2.20. The van der Waals surface area contributed by atoms with Gasteiger partial charge in [0.1, 0.15) is 5.82 Å². The zero-order chi connectivity index (χ0) is 11.3. The van der Waals surface area contributed by atoms with Gasteiger partial charge in [-0.25, -0.2) is 4.98 Å². The van der Waals surface area contributed by atoms with Crippen LogP contribution in [0.4, 0.5) is 11.5 Å². The normalized spacial score (nSPS) is 12.8. The molecule has 1 rings (SSSR count). The zero-order valence-corrected chi connectivity index (χ0v) is 9.83. The molecule has 0 saturated heterocycles. The van der Waals surface area contributed by atoms with Crippen molar-refractivity contribution in [2.75, 3.05) is 11.1 Å². The molecule has 3 N–H and O–H groups in total. The van der Waals surface area contributed by atoms with E-state index >= 15 is 0 Å². The van der Waals surface area contributed by atoms with Crippen LogP contribution in [0.15, 0.2) is 18.3 Å². The molecule has 0 aromatic carbocycles. The maximum absolute atomic E-state index is 5.83. The molecule has 1 aromatic heterocycles. The van der Waals surface area contributed by atoms with Gasteiger partial charge in [-0.1, -0.05) is 26.7 Å². The fraction of sp³-hybridized carbons (Fsp3) is 0.583. The second-order valence-corrected chi connectivity index (χ2v) is 3.95. The fourth-order valence-corrected chi connectivity index (χ4v) is 1.87. The molecular weight excluding hydrogens is 186 g/mol. The van der Waals surface area contributed by atoms with Gasteiger partial charge in [0.15, 0.2) is 0 Å². The van der Waals surface area contributed by atoms with E-state index in [0.29, 0.717) is 12.0 Å². The van der Waals surface area contributed by atoms with Crippen LogP contribution < -0.4 is 11.1 Å². The highest BCUT2D eigenvalue weighted by molar-refractivity contribution is 5.60. The lowest BCUT2D eigenvalue weighted by molar-refractivity contribution is 0.437. The van der Waals surface area contributed by atoms with Crippen molar-refractivity contribution in [3.8, 4) is 0 Å². The molecule has 3 heteroatoms. The third kappa shape index (κ3) is 3.11. The molecule has 0 aliphatic carbocycles. The molecule has 15 heavy (non-hydrogen) atoms. The number of anilines is 2. The lowest BCUT2D eigenvalue weighted by atomic mass is 9.95. The van der Waals surface area contributed by atoms with E-state index in [2.05, 4.69) is 31.1 Å². The maximum Gasteiger partial charge on any atom is 0.149 e. The van der Waals surface area contributed by atoms with Gasteiger partial charge in [-0.05, 0) is 25.0 Å². The Balaban J connectivity index is 2.65. The molecule has 0 radical (unpaired) electrons. The highest BCUT2D eigenvalue weighted by Gasteiger charge is 2.14. The Bertz CT molecular complexity index is 295. The number of aromatic nitrogens is 1. The van der Waals surface area contributed by atoms with Gasteiger partial charge in [0.05, 0.1) is 5.69 Å². The summed E-state index contributed by atoms with van der Waals surface area (Å²) in [6.07, 6.45) is 4.12. The Morgan fingerprint density at radius 1 is 1.40 bits per heavy atom. The van der Waals surface area contributed by atoms with Crippen molar-refractivity contribution in [3.05, 3.63) is 18.3 Å². The molecule has 1 unspecified atom stereocenters. The van der Waals surface area contributed by atoms with E-state index in [1.54, 1.807) is 6.20 Å². The van der Waals surface area contributed by atoms with Gasteiger partial charge >= 0.3 is 0 Å². The van der Waals surface area contributed by atoms with Gasteiger partial charge in [-0.2, -0.15) is 0 Å². The summed E-state index contributed by atoms with van der Waals surface area (Å²) in [5.74, 6) is 1.48. The van der Waals surface area contributed by atoms with Gasteiger partial charge in [0.25, 0.3) is 0 Å². The highest BCUT2D eigenvalue weighted by atomic mass is 15.0. The van der Waals surface area contributed by atoms with E-state index in [0.717, 1.165) is 11.5 Å². The number of hydrogen-bond acceptors (Lipinski definition) is 3. The Labute approximate surface area is 92.1 Å². The minimum atomic E-state index is 0.414. The molecule has 0 amide bonds. The fourth-order valence-electron chi connectivity index (χ4n) is 1.87. The van der Waals surface area contributed by atoms with Crippen LogP contribution in [0.5, 0.6) is 0 Å². The molecule has 3 nitrogen and oxygen atoms in total. The van der Waals surface area contributed by atoms with E-state index < -0.39 is 0 Å². The summed E-state index contributed by atoms with van der Waals surface area (Å²) in [5.41, 5.74) is 6.54. The van der Waals surface area contributed by atoms with Crippen LogP contribution in [0.1, 0.15) is 33.6 Å². The average molecular weight is 207 g/mol. The zero-order valence-electron chi connectivity index (χ0n) is 9.83. The second-order valence-electron chi connectivity index (χ2n) is 3.95. The molecule has 0 saturated carbocycles. The number of pyridine rings is 1. The second kappa shape index (κ2) is 5.59. The summed E-state index contributed by atoms with van der Waals surface area (Å²) in [6.45, 7) is 6.62. The minimum Gasteiger partial charge on any atom is -0.396 e. The van der Waals surface area contributed by atoms with Crippen molar-refractivity contribution in [1.82, 2.24) is 4.98 Å². The van der Waals surface area contributed by atoms with Crippen LogP contribution in [0.3, 0.4) is 0 Å². The van der Waals surface area contributed by atoms with Crippen LogP contribution in [-0.4, -0.2) is 11.0 Å². The van der Waals surface area contributed by atoms with Crippen LogP contribution in [-0.2, 0) is 0 Å². The number of nitrogens with zero attached hydrogens (tertiary/aromatic N) is 1. The lowest BCUT2D eigenvalue weighted by Gasteiger charge is -2.23. The largest absolute Gasteiger partial charge is 0.396 e. The molecule has 1 atom stereocenters. The monoisotopic (exact) mass is 207 g/mol. The van der Waals surface area contributed by atoms with Crippen molar-refractivity contribution >= 4 is 11.5 Å². The maximum atomic E-state index is 5.83. The van der Waals surface area contributed by atoms with Gasteiger partial charge in [0, 0.05) is 12.2 Å². The molecule has 0 aliphatic heterocycles. The number of hydrogen-bond donors (Lipinski definition) is 2. The lowest BCUT2D eigenvalue weighted by Crippen LogP contribution is -2.25. The first-order valence-electron chi connectivity index (χ1n) is 5.66. The molecule has 0 bridgehead atoms. The van der Waals surface area contributed by atoms with E-state index in [1.165, 1.54) is 12.8 Å². The van der Waals surface area contributed by atoms with Crippen molar-refractivity contribution in [2.24, 2.45) is 5.92 Å². The standard InChI is InChI=1S/C12H21N3/c1-4-10(5-2)9(3)15-12-11(13)7-6-8-14-12/h6-10H,4-5,13H2,1-3H3,(H,14,15). The van der Waals surface area contributed by atoms with E-state index in [9.17, 15) is 0 Å². The number of nitrogen functional groups attached to an aromatic ring is 1. The van der Waals surface area contributed by atoms with Gasteiger partial charge in [-0.15, -0.1) is 0 Å². The third-order valence-corrected chi connectivity index (χ3v) is 2.96. The SMILES string of the molecule is CCC(CC)C(C)Nc1ncccc1N. The minimum absolute atomic E-state index is 0.414. The van der Waals surface area contributed by atoms with Crippen LogP contribution in [0, 0.1) is 5.92 Å². The number of nitrogens with two attached hydrogens (primary N) is 1. The average Bonchev–Trinajstić information content (AvgIpc) is 2.23. The summed E-state index contributed by atoms with van der Waals surface area (Å²) < 4.78 is 0. The van der Waals surface area contributed by atoms with E-state index in [4.69, 9.17) is 5.73 Å². The van der Waals surface area contributed by atoms with E-state index in [1.807, 2.05) is 12.1 Å². The van der Waals surface area contributed by atoms with Crippen LogP contribution in [0.2, 0.25) is 0 Å². The van der Waals surface area contributed by atoms with Crippen LogP contribution in [0.25, 0.3) is 0 Å². The first-order chi connectivity index (χ1) is 7.19.